The first kappa shape index (κ1) is 16.7. The molecular weight excluding hydrogens is 351 g/mol. The maximum Gasteiger partial charge on any atom is 0.340 e. The molecule has 0 spiro atoms. The Morgan fingerprint density at radius 2 is 2.15 bits per heavy atom. The highest BCUT2D eigenvalue weighted by Gasteiger charge is 2.19. The summed E-state index contributed by atoms with van der Waals surface area (Å²) < 4.78 is 21.3. The van der Waals surface area contributed by atoms with E-state index in [1.54, 1.807) is 31.2 Å². The van der Waals surface area contributed by atoms with Gasteiger partial charge < -0.3 is 15.5 Å². The van der Waals surface area contributed by atoms with Crippen LogP contribution in [0.4, 0.5) is 10.2 Å². The number of nitrogens with zero attached hydrogens (tertiary/aromatic N) is 4. The molecule has 0 aliphatic rings. The lowest BCUT2D eigenvalue weighted by Gasteiger charge is -2.06. The summed E-state index contributed by atoms with van der Waals surface area (Å²) in [6, 6.07) is 6.58. The van der Waals surface area contributed by atoms with Gasteiger partial charge in [0.15, 0.2) is 5.82 Å². The monoisotopic (exact) mass is 366 g/mol. The van der Waals surface area contributed by atoms with Crippen LogP contribution in [0.15, 0.2) is 36.8 Å². The number of aromatic amines is 1. The first-order chi connectivity index (χ1) is 13.0. The summed E-state index contributed by atoms with van der Waals surface area (Å²) in [6.45, 7) is 1.72. The van der Waals surface area contributed by atoms with E-state index in [2.05, 4.69) is 20.1 Å². The Morgan fingerprint density at radius 1 is 1.33 bits per heavy atom. The second-order valence-electron chi connectivity index (χ2n) is 5.90. The van der Waals surface area contributed by atoms with E-state index in [-0.39, 0.29) is 17.1 Å². The Balaban J connectivity index is 1.91. The van der Waals surface area contributed by atoms with Crippen molar-refractivity contribution in [3.8, 4) is 16.9 Å². The molecule has 0 aliphatic heterocycles. The van der Waals surface area contributed by atoms with Crippen LogP contribution in [0.25, 0.3) is 27.8 Å². The summed E-state index contributed by atoms with van der Waals surface area (Å²) in [5.74, 6) is -0.301. The van der Waals surface area contributed by atoms with Gasteiger partial charge in [0.25, 0.3) is 0 Å². The molecule has 3 heterocycles. The van der Waals surface area contributed by atoms with E-state index in [9.17, 15) is 4.79 Å². The van der Waals surface area contributed by atoms with Gasteiger partial charge in [-0.05, 0) is 25.1 Å². The van der Waals surface area contributed by atoms with Gasteiger partial charge in [-0.25, -0.2) is 23.8 Å². The molecule has 0 amide bonds. The molecule has 4 aromatic rings. The molecule has 3 N–H and O–H groups in total. The van der Waals surface area contributed by atoms with Crippen LogP contribution in [0.2, 0.25) is 0 Å². The molecule has 0 saturated heterocycles. The second-order valence-corrected chi connectivity index (χ2v) is 5.90. The largest absolute Gasteiger partial charge is 0.465 e. The van der Waals surface area contributed by atoms with E-state index in [1.807, 2.05) is 0 Å². The third-order valence-electron chi connectivity index (χ3n) is 4.22. The van der Waals surface area contributed by atoms with Crippen molar-refractivity contribution in [1.29, 1.82) is 0 Å². The van der Waals surface area contributed by atoms with Crippen molar-refractivity contribution >= 4 is 22.7 Å². The molecule has 27 heavy (non-hydrogen) atoms. The van der Waals surface area contributed by atoms with Gasteiger partial charge in [0, 0.05) is 22.8 Å². The lowest BCUT2D eigenvalue weighted by Crippen LogP contribution is -2.03. The summed E-state index contributed by atoms with van der Waals surface area (Å²) in [5, 5.41) is 4.65. The number of hydrogen-bond acceptors (Lipinski definition) is 6. The van der Waals surface area contributed by atoms with Crippen molar-refractivity contribution in [2.45, 2.75) is 6.92 Å². The van der Waals surface area contributed by atoms with Crippen LogP contribution >= 0.6 is 0 Å². The highest BCUT2D eigenvalue weighted by Crippen LogP contribution is 2.32. The minimum atomic E-state index is -0.551. The average Bonchev–Trinajstić information content (AvgIpc) is 3.29. The number of benzene rings is 1. The zero-order valence-corrected chi connectivity index (χ0v) is 14.5. The number of methoxy groups -OCH3 is 1. The smallest absolute Gasteiger partial charge is 0.340 e. The maximum atomic E-state index is 15.2. The fraction of sp³-hybridized carbons (Fsp3) is 0.111. The van der Waals surface area contributed by atoms with Crippen molar-refractivity contribution in [2.24, 2.45) is 0 Å². The van der Waals surface area contributed by atoms with Gasteiger partial charge >= 0.3 is 5.97 Å². The third kappa shape index (κ3) is 2.69. The standard InChI is InChI=1S/C18H15FN6O2/c1-9-22-8-25(24-9)14-5-3-4-10(15(14)19)13-6-11-12(18(26)27-2)7-21-17(20)16(11)23-13/h3-8,23H,1-2H3,(H2,20,21). The van der Waals surface area contributed by atoms with Crippen molar-refractivity contribution in [2.75, 3.05) is 12.8 Å². The van der Waals surface area contributed by atoms with Crippen LogP contribution in [-0.4, -0.2) is 37.8 Å². The van der Waals surface area contributed by atoms with Crippen LogP contribution in [0.3, 0.4) is 0 Å². The van der Waals surface area contributed by atoms with Crippen LogP contribution in [-0.2, 0) is 4.74 Å². The quantitative estimate of drug-likeness (QED) is 0.539. The van der Waals surface area contributed by atoms with Crippen molar-refractivity contribution in [1.82, 2.24) is 24.7 Å². The summed E-state index contributed by atoms with van der Waals surface area (Å²) >= 11 is 0. The predicted molar refractivity (Wildman–Crippen MR) is 96.9 cm³/mol. The number of carbonyl (C=O) groups is 1. The van der Waals surface area contributed by atoms with E-state index >= 15 is 4.39 Å². The molecule has 8 nitrogen and oxygen atoms in total. The molecule has 0 bridgehead atoms. The summed E-state index contributed by atoms with van der Waals surface area (Å²) in [7, 11) is 1.28. The Bertz CT molecular complexity index is 1180. The lowest BCUT2D eigenvalue weighted by atomic mass is 10.1. The summed E-state index contributed by atoms with van der Waals surface area (Å²) in [5.41, 5.74) is 7.60. The molecule has 0 saturated carbocycles. The van der Waals surface area contributed by atoms with Gasteiger partial charge in [0.2, 0.25) is 0 Å². The minimum Gasteiger partial charge on any atom is -0.465 e. The number of rotatable bonds is 3. The highest BCUT2D eigenvalue weighted by atomic mass is 19.1. The predicted octanol–water partition coefficient (Wildman–Crippen LogP) is 2.63. The Hall–Kier alpha value is -3.75. The van der Waals surface area contributed by atoms with Crippen molar-refractivity contribution in [3.63, 3.8) is 0 Å². The number of fused-ring (bicyclic) bond motifs is 1. The zero-order valence-electron chi connectivity index (χ0n) is 14.5. The molecule has 9 heteroatoms. The molecule has 1 aromatic carbocycles. The molecule has 0 radical (unpaired) electrons. The molecular formula is C18H15FN6O2. The van der Waals surface area contributed by atoms with Crippen LogP contribution in [0.1, 0.15) is 16.2 Å². The number of carbonyl (C=O) groups excluding carboxylic acids is 1. The second kappa shape index (κ2) is 6.20. The third-order valence-corrected chi connectivity index (χ3v) is 4.22. The molecule has 0 aliphatic carbocycles. The molecule has 3 aromatic heterocycles. The molecule has 0 fully saturated rings. The molecule has 0 unspecified atom stereocenters. The number of H-pyrrole nitrogens is 1. The number of halogens is 1. The maximum absolute atomic E-state index is 15.2. The van der Waals surface area contributed by atoms with Crippen molar-refractivity contribution < 1.29 is 13.9 Å². The lowest BCUT2D eigenvalue weighted by molar-refractivity contribution is 0.0602. The van der Waals surface area contributed by atoms with E-state index in [4.69, 9.17) is 10.5 Å². The van der Waals surface area contributed by atoms with E-state index in [1.165, 1.54) is 24.3 Å². The summed E-state index contributed by atoms with van der Waals surface area (Å²) in [6.07, 6.45) is 2.78. The number of ether oxygens (including phenoxy) is 1. The number of anilines is 1. The average molecular weight is 366 g/mol. The van der Waals surface area contributed by atoms with Crippen LogP contribution in [0, 0.1) is 12.7 Å². The highest BCUT2D eigenvalue weighted by molar-refractivity contribution is 6.07. The first-order valence-electron chi connectivity index (χ1n) is 8.02. The van der Waals surface area contributed by atoms with Gasteiger partial charge in [0.1, 0.15) is 23.7 Å². The first-order valence-corrected chi connectivity index (χ1v) is 8.02. The van der Waals surface area contributed by atoms with Gasteiger partial charge in [-0.15, -0.1) is 0 Å². The van der Waals surface area contributed by atoms with Crippen LogP contribution in [0.5, 0.6) is 0 Å². The van der Waals surface area contributed by atoms with Gasteiger partial charge in [-0.1, -0.05) is 6.07 Å². The van der Waals surface area contributed by atoms with Gasteiger partial charge in [-0.3, -0.25) is 0 Å². The number of pyridine rings is 1. The van der Waals surface area contributed by atoms with Gasteiger partial charge in [0.05, 0.1) is 18.2 Å². The molecule has 0 atom stereocenters. The fourth-order valence-corrected chi connectivity index (χ4v) is 2.92. The Kier molecular flexibility index (Phi) is 3.84. The topological polar surface area (TPSA) is 112 Å². The number of aromatic nitrogens is 5. The normalized spacial score (nSPS) is 11.1. The number of nitrogen functional groups attached to an aromatic ring is 1. The summed E-state index contributed by atoms with van der Waals surface area (Å²) in [4.78, 5) is 23.1. The number of nitrogens with one attached hydrogen (secondary N) is 1. The number of nitrogens with two attached hydrogens (primary N) is 1. The number of aryl methyl sites for hydroxylation is 1. The Labute approximate surface area is 152 Å². The van der Waals surface area contributed by atoms with Crippen molar-refractivity contribution in [3.05, 3.63) is 54.0 Å². The molecule has 4 rings (SSSR count). The Morgan fingerprint density at radius 3 is 2.85 bits per heavy atom. The minimum absolute atomic E-state index is 0.201. The van der Waals surface area contributed by atoms with E-state index < -0.39 is 11.8 Å². The van der Waals surface area contributed by atoms with E-state index in [0.29, 0.717) is 28.0 Å². The van der Waals surface area contributed by atoms with Gasteiger partial charge in [-0.2, -0.15) is 5.10 Å². The zero-order chi connectivity index (χ0) is 19.1. The van der Waals surface area contributed by atoms with E-state index in [0.717, 1.165) is 0 Å². The number of hydrogen-bond donors (Lipinski definition) is 2. The number of esters is 1. The SMILES string of the molecule is COC(=O)c1cnc(N)c2[nH]c(-c3cccc(-n4cnc(C)n4)c3F)cc12. The fourth-order valence-electron chi connectivity index (χ4n) is 2.92. The molecule has 136 valence electrons. The van der Waals surface area contributed by atoms with Crippen LogP contribution < -0.4 is 5.73 Å².